The second-order valence-corrected chi connectivity index (χ2v) is 4.76. The number of carbonyl (C=O) groups is 2. The van der Waals surface area contributed by atoms with E-state index in [-0.39, 0.29) is 18.6 Å². The molecule has 1 aromatic rings. The van der Waals surface area contributed by atoms with Gasteiger partial charge in [-0.15, -0.1) is 0 Å². The normalized spacial score (nSPS) is 21.2. The molecule has 0 aromatic heterocycles. The number of amides is 2. The van der Waals surface area contributed by atoms with Crippen LogP contribution in [0.5, 0.6) is 0 Å². The molecule has 2 amide bonds. The van der Waals surface area contributed by atoms with Crippen molar-refractivity contribution in [2.75, 3.05) is 0 Å². The highest BCUT2D eigenvalue weighted by Gasteiger charge is 2.28. The molecule has 2 atom stereocenters. The lowest BCUT2D eigenvalue weighted by Crippen LogP contribution is -2.46. The minimum absolute atomic E-state index is 0.205. The number of primary amides is 1. The van der Waals surface area contributed by atoms with Crippen molar-refractivity contribution in [3.8, 4) is 0 Å². The molecular weight excluding hydrogens is 256 g/mol. The Morgan fingerprint density at radius 2 is 1.90 bits per heavy atom. The molecule has 5 heteroatoms. The van der Waals surface area contributed by atoms with E-state index < -0.39 is 12.0 Å². The fourth-order valence-electron chi connectivity index (χ4n) is 2.20. The highest BCUT2D eigenvalue weighted by Crippen LogP contribution is 2.18. The number of hydrogen-bond donors (Lipinski definition) is 2. The van der Waals surface area contributed by atoms with Crippen LogP contribution in [0.3, 0.4) is 0 Å². The lowest BCUT2D eigenvalue weighted by atomic mass is 9.88. The first kappa shape index (κ1) is 14.1. The van der Waals surface area contributed by atoms with Gasteiger partial charge in [0.25, 0.3) is 0 Å². The predicted octanol–water partition coefficient (Wildman–Crippen LogP) is 1.73. The third-order valence-corrected chi connectivity index (χ3v) is 3.31. The first-order valence-corrected chi connectivity index (χ1v) is 6.58. The molecule has 1 aliphatic carbocycles. The number of ether oxygens (including phenoxy) is 1. The van der Waals surface area contributed by atoms with Gasteiger partial charge in [0, 0.05) is 6.04 Å². The summed E-state index contributed by atoms with van der Waals surface area (Å²) in [6.45, 7) is 0.205. The Kier molecular flexibility index (Phi) is 4.76. The maximum atomic E-state index is 11.7. The molecule has 0 unspecified atom stereocenters. The standard InChI is InChI=1S/C15H18N2O3/c16-14(18)12-8-4-5-9-13(12)17-15(19)20-10-11-6-2-1-3-7-11/h1-7,12-13H,8-10H2,(H2,16,18)(H,17,19)/t12-,13-/m1/s1. The Morgan fingerprint density at radius 1 is 1.20 bits per heavy atom. The summed E-state index contributed by atoms with van der Waals surface area (Å²) in [5, 5.41) is 2.71. The zero-order valence-corrected chi connectivity index (χ0v) is 11.1. The maximum Gasteiger partial charge on any atom is 0.407 e. The number of alkyl carbamates (subject to hydrolysis) is 1. The predicted molar refractivity (Wildman–Crippen MR) is 74.6 cm³/mol. The minimum Gasteiger partial charge on any atom is -0.445 e. The average Bonchev–Trinajstić information content (AvgIpc) is 2.46. The molecule has 0 saturated heterocycles. The van der Waals surface area contributed by atoms with Crippen molar-refractivity contribution >= 4 is 12.0 Å². The molecule has 106 valence electrons. The molecule has 5 nitrogen and oxygen atoms in total. The van der Waals surface area contributed by atoms with Crippen LogP contribution in [0.15, 0.2) is 42.5 Å². The highest BCUT2D eigenvalue weighted by atomic mass is 16.5. The first-order chi connectivity index (χ1) is 9.66. The highest BCUT2D eigenvalue weighted by molar-refractivity contribution is 5.79. The molecule has 0 aliphatic heterocycles. The van der Waals surface area contributed by atoms with Crippen LogP contribution in [0.4, 0.5) is 4.79 Å². The summed E-state index contributed by atoms with van der Waals surface area (Å²) in [6, 6.07) is 9.12. The molecule has 1 aliphatic rings. The van der Waals surface area contributed by atoms with Crippen LogP contribution in [-0.2, 0) is 16.1 Å². The molecular formula is C15H18N2O3. The van der Waals surface area contributed by atoms with E-state index in [4.69, 9.17) is 10.5 Å². The summed E-state index contributed by atoms with van der Waals surface area (Å²) in [6.07, 6.45) is 4.46. The summed E-state index contributed by atoms with van der Waals surface area (Å²) in [5.74, 6) is -0.771. The van der Waals surface area contributed by atoms with E-state index in [9.17, 15) is 9.59 Å². The Morgan fingerprint density at radius 3 is 2.60 bits per heavy atom. The molecule has 0 heterocycles. The summed E-state index contributed by atoms with van der Waals surface area (Å²) >= 11 is 0. The molecule has 1 aromatic carbocycles. The Hall–Kier alpha value is -2.30. The van der Waals surface area contributed by atoms with Gasteiger partial charge in [-0.1, -0.05) is 42.5 Å². The van der Waals surface area contributed by atoms with Crippen LogP contribution in [-0.4, -0.2) is 18.0 Å². The van der Waals surface area contributed by atoms with Crippen LogP contribution in [0, 0.1) is 5.92 Å². The third kappa shape index (κ3) is 3.85. The average molecular weight is 274 g/mol. The van der Waals surface area contributed by atoms with E-state index in [1.165, 1.54) is 0 Å². The molecule has 0 radical (unpaired) electrons. The van der Waals surface area contributed by atoms with Crippen molar-refractivity contribution in [3.05, 3.63) is 48.0 Å². The smallest absolute Gasteiger partial charge is 0.407 e. The van der Waals surface area contributed by atoms with Gasteiger partial charge >= 0.3 is 6.09 Å². The summed E-state index contributed by atoms with van der Waals surface area (Å²) in [7, 11) is 0. The van der Waals surface area contributed by atoms with Gasteiger partial charge in [-0.25, -0.2) is 4.79 Å². The van der Waals surface area contributed by atoms with Crippen molar-refractivity contribution in [3.63, 3.8) is 0 Å². The molecule has 3 N–H and O–H groups in total. The van der Waals surface area contributed by atoms with Crippen molar-refractivity contribution in [2.45, 2.75) is 25.5 Å². The molecule has 2 rings (SSSR count). The number of rotatable bonds is 4. The van der Waals surface area contributed by atoms with Crippen LogP contribution < -0.4 is 11.1 Å². The molecule has 20 heavy (non-hydrogen) atoms. The Labute approximate surface area is 117 Å². The second kappa shape index (κ2) is 6.75. The molecule has 0 saturated carbocycles. The van der Waals surface area contributed by atoms with Gasteiger partial charge in [-0.3, -0.25) is 4.79 Å². The number of nitrogens with one attached hydrogen (secondary N) is 1. The van der Waals surface area contributed by atoms with Crippen LogP contribution in [0.2, 0.25) is 0 Å². The zero-order valence-electron chi connectivity index (χ0n) is 11.1. The SMILES string of the molecule is NC(=O)[C@@H]1CC=CC[C@H]1NC(=O)OCc1ccccc1. The zero-order chi connectivity index (χ0) is 14.4. The Balaban J connectivity index is 1.84. The van der Waals surface area contributed by atoms with Crippen LogP contribution >= 0.6 is 0 Å². The Bertz CT molecular complexity index is 499. The number of nitrogens with two attached hydrogens (primary N) is 1. The first-order valence-electron chi connectivity index (χ1n) is 6.58. The van der Waals surface area contributed by atoms with Gasteiger partial charge < -0.3 is 15.8 Å². The van der Waals surface area contributed by atoms with E-state index >= 15 is 0 Å². The van der Waals surface area contributed by atoms with Gasteiger partial charge in [0.05, 0.1) is 5.92 Å². The van der Waals surface area contributed by atoms with E-state index in [1.54, 1.807) is 0 Å². The lowest BCUT2D eigenvalue weighted by Gasteiger charge is -2.26. The quantitative estimate of drug-likeness (QED) is 0.820. The monoisotopic (exact) mass is 274 g/mol. The molecule has 0 fully saturated rings. The van der Waals surface area contributed by atoms with Crippen molar-refractivity contribution in [2.24, 2.45) is 11.7 Å². The summed E-state index contributed by atoms with van der Waals surface area (Å²) < 4.78 is 5.13. The lowest BCUT2D eigenvalue weighted by molar-refractivity contribution is -0.122. The van der Waals surface area contributed by atoms with Gasteiger partial charge in [0.2, 0.25) is 5.91 Å². The summed E-state index contributed by atoms with van der Waals surface area (Å²) in [4.78, 5) is 23.1. The molecule has 0 spiro atoms. The number of carbonyl (C=O) groups excluding carboxylic acids is 2. The van der Waals surface area contributed by atoms with Crippen molar-refractivity contribution in [1.29, 1.82) is 0 Å². The fourth-order valence-corrected chi connectivity index (χ4v) is 2.20. The summed E-state index contributed by atoms with van der Waals surface area (Å²) in [5.41, 5.74) is 6.25. The molecule has 0 bridgehead atoms. The number of allylic oxidation sites excluding steroid dienone is 1. The van der Waals surface area contributed by atoms with Crippen molar-refractivity contribution in [1.82, 2.24) is 5.32 Å². The fraction of sp³-hybridized carbons (Fsp3) is 0.333. The van der Waals surface area contributed by atoms with E-state index in [0.29, 0.717) is 12.8 Å². The largest absolute Gasteiger partial charge is 0.445 e. The van der Waals surface area contributed by atoms with E-state index in [2.05, 4.69) is 5.32 Å². The topological polar surface area (TPSA) is 81.4 Å². The van der Waals surface area contributed by atoms with Crippen LogP contribution in [0.1, 0.15) is 18.4 Å². The number of hydrogen-bond acceptors (Lipinski definition) is 3. The van der Waals surface area contributed by atoms with E-state index in [0.717, 1.165) is 5.56 Å². The van der Waals surface area contributed by atoms with Gasteiger partial charge in [0.15, 0.2) is 0 Å². The van der Waals surface area contributed by atoms with E-state index in [1.807, 2.05) is 42.5 Å². The number of benzene rings is 1. The minimum atomic E-state index is -0.527. The maximum absolute atomic E-state index is 11.7. The third-order valence-electron chi connectivity index (χ3n) is 3.31. The van der Waals surface area contributed by atoms with Gasteiger partial charge in [-0.05, 0) is 18.4 Å². The van der Waals surface area contributed by atoms with Gasteiger partial charge in [-0.2, -0.15) is 0 Å². The second-order valence-electron chi connectivity index (χ2n) is 4.76. The van der Waals surface area contributed by atoms with Crippen LogP contribution in [0.25, 0.3) is 0 Å². The van der Waals surface area contributed by atoms with Gasteiger partial charge in [0.1, 0.15) is 6.61 Å². The van der Waals surface area contributed by atoms with Crippen molar-refractivity contribution < 1.29 is 14.3 Å².